The molecule has 2 aliphatic carbocycles. The Morgan fingerprint density at radius 1 is 1.00 bits per heavy atom. The van der Waals surface area contributed by atoms with Crippen molar-refractivity contribution in [1.82, 2.24) is 16.0 Å². The van der Waals surface area contributed by atoms with E-state index in [2.05, 4.69) is 28.1 Å². The van der Waals surface area contributed by atoms with Crippen molar-refractivity contribution >= 4 is 23.9 Å². The Kier molecular flexibility index (Phi) is 10.3. The number of hydrogen-bond acceptors (Lipinski definition) is 7. The summed E-state index contributed by atoms with van der Waals surface area (Å²) in [5.74, 6) is -1.89. The maximum atomic E-state index is 12.9. The molecular formula is C34H41N3O7. The van der Waals surface area contributed by atoms with Gasteiger partial charge in [-0.1, -0.05) is 73.5 Å². The zero-order valence-corrected chi connectivity index (χ0v) is 24.9. The number of carbonyl (C=O) groups is 4. The summed E-state index contributed by atoms with van der Waals surface area (Å²) in [6.45, 7) is 0.00608. The second-order valence-corrected chi connectivity index (χ2v) is 11.9. The molecule has 1 fully saturated rings. The van der Waals surface area contributed by atoms with Crippen molar-refractivity contribution in [1.29, 1.82) is 0 Å². The first-order valence-electron chi connectivity index (χ1n) is 15.5. The number of alkyl carbamates (subject to hydrolysis) is 1. The van der Waals surface area contributed by atoms with E-state index in [-0.39, 0.29) is 56.9 Å². The zero-order chi connectivity index (χ0) is 30.9. The summed E-state index contributed by atoms with van der Waals surface area (Å²) in [6.07, 6.45) is 7.35. The lowest BCUT2D eigenvalue weighted by Gasteiger charge is -2.28. The Balaban J connectivity index is 1.15. The van der Waals surface area contributed by atoms with Gasteiger partial charge in [-0.3, -0.25) is 9.59 Å². The first-order valence-corrected chi connectivity index (χ1v) is 15.5. The van der Waals surface area contributed by atoms with Gasteiger partial charge in [0.05, 0.1) is 24.6 Å². The van der Waals surface area contributed by atoms with E-state index in [0.29, 0.717) is 12.8 Å². The third-order valence-electron chi connectivity index (χ3n) is 8.85. The molecule has 3 amide bonds. The molecular weight excluding hydrogens is 562 g/mol. The van der Waals surface area contributed by atoms with E-state index in [4.69, 9.17) is 9.47 Å². The lowest BCUT2D eigenvalue weighted by atomic mass is 9.95. The van der Waals surface area contributed by atoms with Crippen LogP contribution in [0.4, 0.5) is 4.79 Å². The summed E-state index contributed by atoms with van der Waals surface area (Å²) in [7, 11) is 0. The number of cyclic esters (lactones) is 1. The molecule has 3 aliphatic rings. The van der Waals surface area contributed by atoms with Gasteiger partial charge in [-0.2, -0.15) is 0 Å². The molecule has 4 N–H and O–H groups in total. The van der Waals surface area contributed by atoms with Crippen LogP contribution in [0.3, 0.4) is 0 Å². The van der Waals surface area contributed by atoms with E-state index in [9.17, 15) is 24.3 Å². The van der Waals surface area contributed by atoms with E-state index >= 15 is 0 Å². The molecule has 1 saturated carbocycles. The molecule has 0 aromatic heterocycles. The molecule has 0 saturated heterocycles. The molecule has 2 atom stereocenters. The lowest BCUT2D eigenvalue weighted by molar-refractivity contribution is -0.146. The second kappa shape index (κ2) is 14.5. The van der Waals surface area contributed by atoms with Gasteiger partial charge in [0.25, 0.3) is 0 Å². The number of carbonyl (C=O) groups excluding carboxylic acids is 4. The summed E-state index contributed by atoms with van der Waals surface area (Å²) in [4.78, 5) is 51.4. The molecule has 2 unspecified atom stereocenters. The first kappa shape index (κ1) is 31.3. The largest absolute Gasteiger partial charge is 0.462 e. The zero-order valence-electron chi connectivity index (χ0n) is 24.9. The number of rotatable bonds is 7. The molecule has 1 heterocycles. The SMILES string of the molecule is O=C(CC1CC=CCCC(NC(=O)OCC2c3ccccc3-c3ccccc32)C(=O)OCCNC1=O)NC1(CO)CCCC1. The first-order chi connectivity index (χ1) is 21.4. The van der Waals surface area contributed by atoms with Gasteiger partial charge in [0, 0.05) is 12.3 Å². The maximum Gasteiger partial charge on any atom is 0.407 e. The van der Waals surface area contributed by atoms with Crippen molar-refractivity contribution in [2.45, 2.75) is 68.9 Å². The fraction of sp³-hybridized carbons (Fsp3) is 0.471. The highest BCUT2D eigenvalue weighted by Gasteiger charge is 2.35. The standard InChI is InChI=1S/C34H41N3O7/c38-22-34(16-8-9-17-34)37-30(39)20-23-10-2-1-3-15-29(32(41)43-19-18-35-31(23)40)36-33(42)44-21-28-26-13-6-4-11-24(26)25-12-5-7-14-27(25)28/h1-2,4-7,11-14,23,28-29,38H,3,8-10,15-22H2,(H,35,40)(H,36,42)(H,37,39). The van der Waals surface area contributed by atoms with Gasteiger partial charge < -0.3 is 30.5 Å². The van der Waals surface area contributed by atoms with Crippen molar-refractivity contribution in [2.24, 2.45) is 5.92 Å². The molecule has 0 spiro atoms. The summed E-state index contributed by atoms with van der Waals surface area (Å²) in [5, 5.41) is 18.2. The van der Waals surface area contributed by atoms with Crippen molar-refractivity contribution in [3.05, 3.63) is 71.8 Å². The Labute approximate surface area is 257 Å². The van der Waals surface area contributed by atoms with Gasteiger partial charge in [0.2, 0.25) is 11.8 Å². The molecule has 1 aliphatic heterocycles. The van der Waals surface area contributed by atoms with E-state index in [1.54, 1.807) is 0 Å². The minimum atomic E-state index is -0.922. The summed E-state index contributed by atoms with van der Waals surface area (Å²) < 4.78 is 11.0. The molecule has 234 valence electrons. The quantitative estimate of drug-likeness (QED) is 0.279. The third kappa shape index (κ3) is 7.48. The van der Waals surface area contributed by atoms with Gasteiger partial charge in [0.15, 0.2) is 0 Å². The van der Waals surface area contributed by atoms with E-state index in [1.165, 1.54) is 0 Å². The van der Waals surface area contributed by atoms with Crippen LogP contribution < -0.4 is 16.0 Å². The maximum absolute atomic E-state index is 12.9. The van der Waals surface area contributed by atoms with Gasteiger partial charge in [0.1, 0.15) is 19.3 Å². The van der Waals surface area contributed by atoms with Crippen LogP contribution in [-0.4, -0.2) is 66.9 Å². The molecule has 2 aromatic rings. The number of benzene rings is 2. The summed E-state index contributed by atoms with van der Waals surface area (Å²) in [5.41, 5.74) is 3.84. The number of hydrogen-bond donors (Lipinski definition) is 4. The Morgan fingerprint density at radius 3 is 2.36 bits per heavy atom. The van der Waals surface area contributed by atoms with Crippen molar-refractivity contribution in [3.63, 3.8) is 0 Å². The van der Waals surface area contributed by atoms with Crippen LogP contribution in [0.15, 0.2) is 60.7 Å². The second-order valence-electron chi connectivity index (χ2n) is 11.9. The third-order valence-corrected chi connectivity index (χ3v) is 8.85. The number of aliphatic hydroxyl groups excluding tert-OH is 1. The van der Waals surface area contributed by atoms with Crippen molar-refractivity contribution < 1.29 is 33.8 Å². The smallest absolute Gasteiger partial charge is 0.407 e. The van der Waals surface area contributed by atoms with Crippen LogP contribution in [0.1, 0.15) is 68.4 Å². The van der Waals surface area contributed by atoms with E-state index < -0.39 is 29.6 Å². The number of ether oxygens (including phenoxy) is 2. The van der Waals surface area contributed by atoms with Crippen LogP contribution in [-0.2, 0) is 23.9 Å². The van der Waals surface area contributed by atoms with Crippen LogP contribution >= 0.6 is 0 Å². The van der Waals surface area contributed by atoms with Gasteiger partial charge in [-0.25, -0.2) is 9.59 Å². The van der Waals surface area contributed by atoms with Crippen molar-refractivity contribution in [2.75, 3.05) is 26.4 Å². The van der Waals surface area contributed by atoms with Gasteiger partial charge in [-0.05, 0) is 54.4 Å². The number of amides is 3. The van der Waals surface area contributed by atoms with Crippen molar-refractivity contribution in [3.8, 4) is 11.1 Å². The number of aliphatic hydroxyl groups is 1. The van der Waals surface area contributed by atoms with Crippen LogP contribution in [0, 0.1) is 5.92 Å². The fourth-order valence-corrected chi connectivity index (χ4v) is 6.47. The minimum Gasteiger partial charge on any atom is -0.462 e. The number of allylic oxidation sites excluding steroid dienone is 2. The van der Waals surface area contributed by atoms with E-state index in [1.807, 2.05) is 48.6 Å². The number of esters is 1. The molecule has 44 heavy (non-hydrogen) atoms. The normalized spacial score (nSPS) is 21.8. The highest BCUT2D eigenvalue weighted by atomic mass is 16.6. The minimum absolute atomic E-state index is 0.0102. The summed E-state index contributed by atoms with van der Waals surface area (Å²) in [6, 6.07) is 15.2. The van der Waals surface area contributed by atoms with Crippen LogP contribution in [0.2, 0.25) is 0 Å². The number of nitrogens with one attached hydrogen (secondary N) is 3. The molecule has 0 bridgehead atoms. The fourth-order valence-electron chi connectivity index (χ4n) is 6.47. The molecule has 10 nitrogen and oxygen atoms in total. The van der Waals surface area contributed by atoms with Gasteiger partial charge in [-0.15, -0.1) is 0 Å². The summed E-state index contributed by atoms with van der Waals surface area (Å²) >= 11 is 0. The van der Waals surface area contributed by atoms with Crippen LogP contribution in [0.5, 0.6) is 0 Å². The monoisotopic (exact) mass is 603 g/mol. The van der Waals surface area contributed by atoms with Crippen LogP contribution in [0.25, 0.3) is 11.1 Å². The molecule has 5 rings (SSSR count). The highest BCUT2D eigenvalue weighted by Crippen LogP contribution is 2.44. The predicted molar refractivity (Wildman–Crippen MR) is 163 cm³/mol. The average molecular weight is 604 g/mol. The van der Waals surface area contributed by atoms with E-state index in [0.717, 1.165) is 47.9 Å². The highest BCUT2D eigenvalue weighted by molar-refractivity contribution is 5.86. The molecule has 2 aromatic carbocycles. The average Bonchev–Trinajstić information content (AvgIpc) is 3.63. The predicted octanol–water partition coefficient (Wildman–Crippen LogP) is 3.72. The Morgan fingerprint density at radius 2 is 1.68 bits per heavy atom. The molecule has 10 heteroatoms. The number of fused-ring (bicyclic) bond motifs is 3. The van der Waals surface area contributed by atoms with Gasteiger partial charge >= 0.3 is 12.1 Å². The topological polar surface area (TPSA) is 143 Å². The Hall–Kier alpha value is -4.18. The molecule has 0 radical (unpaired) electrons. The Bertz CT molecular complexity index is 1340. The lowest BCUT2D eigenvalue weighted by Crippen LogP contribution is -2.50.